The summed E-state index contributed by atoms with van der Waals surface area (Å²) in [5.41, 5.74) is 0.441. The summed E-state index contributed by atoms with van der Waals surface area (Å²) in [5, 5.41) is 6.26. The molecule has 0 unspecified atom stereocenters. The number of nitrogens with one attached hydrogen (secondary N) is 2. The van der Waals surface area contributed by atoms with E-state index >= 15 is 0 Å². The van der Waals surface area contributed by atoms with Crippen LogP contribution in [0, 0.1) is 6.92 Å². The van der Waals surface area contributed by atoms with Gasteiger partial charge in [-0.15, -0.1) is 0 Å². The number of anilines is 2. The van der Waals surface area contributed by atoms with Crippen LogP contribution in [-0.4, -0.2) is 33.0 Å². The molecule has 28 heavy (non-hydrogen) atoms. The summed E-state index contributed by atoms with van der Waals surface area (Å²) in [6, 6.07) is 7.29. The molecule has 3 aromatic rings. The highest BCUT2D eigenvalue weighted by molar-refractivity contribution is 6.33. The van der Waals surface area contributed by atoms with E-state index < -0.39 is 11.7 Å². The van der Waals surface area contributed by atoms with Crippen LogP contribution in [-0.2, 0) is 6.18 Å². The Balaban J connectivity index is 1.64. The van der Waals surface area contributed by atoms with Gasteiger partial charge in [0.2, 0.25) is 0 Å². The molecule has 3 heterocycles. The first-order valence-electron chi connectivity index (χ1n) is 8.31. The van der Waals surface area contributed by atoms with Gasteiger partial charge >= 0.3 is 6.18 Å². The van der Waals surface area contributed by atoms with E-state index in [4.69, 9.17) is 11.6 Å². The third kappa shape index (κ3) is 4.86. The van der Waals surface area contributed by atoms with Gasteiger partial charge < -0.3 is 10.6 Å². The van der Waals surface area contributed by atoms with Gasteiger partial charge in [-0.3, -0.25) is 4.98 Å². The third-order valence-corrected chi connectivity index (χ3v) is 4.17. The molecule has 0 saturated carbocycles. The summed E-state index contributed by atoms with van der Waals surface area (Å²) in [5.74, 6) is 0.988. The monoisotopic (exact) mass is 408 g/mol. The molecule has 6 nitrogen and oxygen atoms in total. The normalized spacial score (nSPS) is 11.3. The summed E-state index contributed by atoms with van der Waals surface area (Å²) in [6.45, 7) is 2.43. The Morgan fingerprint density at radius 1 is 1.00 bits per heavy atom. The maximum absolute atomic E-state index is 12.7. The van der Waals surface area contributed by atoms with E-state index in [1.807, 2.05) is 6.07 Å². The number of aromatic nitrogens is 4. The Labute approximate surface area is 164 Å². The van der Waals surface area contributed by atoms with E-state index in [1.54, 1.807) is 25.3 Å². The van der Waals surface area contributed by atoms with E-state index in [2.05, 4.69) is 30.6 Å². The highest BCUT2D eigenvalue weighted by Crippen LogP contribution is 2.30. The number of nitrogens with zero attached hydrogens (tertiary/aromatic N) is 4. The van der Waals surface area contributed by atoms with Gasteiger partial charge in [0, 0.05) is 25.5 Å². The van der Waals surface area contributed by atoms with Gasteiger partial charge in [-0.05, 0) is 31.2 Å². The fourth-order valence-electron chi connectivity index (χ4n) is 2.36. The van der Waals surface area contributed by atoms with Crippen LogP contribution in [0.25, 0.3) is 11.5 Å². The minimum atomic E-state index is -4.41. The molecule has 0 amide bonds. The molecular formula is C18H16ClF3N6. The molecule has 0 spiro atoms. The van der Waals surface area contributed by atoms with Crippen LogP contribution in [0.3, 0.4) is 0 Å². The molecule has 0 radical (unpaired) electrons. The average Bonchev–Trinajstić information content (AvgIpc) is 2.68. The number of pyridine rings is 2. The lowest BCUT2D eigenvalue weighted by Crippen LogP contribution is -2.16. The topological polar surface area (TPSA) is 75.6 Å². The van der Waals surface area contributed by atoms with Crippen molar-refractivity contribution in [2.75, 3.05) is 23.7 Å². The smallest absolute Gasteiger partial charge is 0.368 e. The van der Waals surface area contributed by atoms with Crippen LogP contribution < -0.4 is 10.6 Å². The molecule has 0 aliphatic heterocycles. The highest BCUT2D eigenvalue weighted by Gasteiger charge is 2.30. The minimum absolute atomic E-state index is 0.135. The molecule has 0 aliphatic carbocycles. The Morgan fingerprint density at radius 3 is 2.50 bits per heavy atom. The van der Waals surface area contributed by atoms with E-state index in [1.165, 1.54) is 0 Å². The standard InChI is InChI=1S/C18H16ClF3N6/c1-11-15(19)17(28-16(27-11)13-4-2-3-6-23-13)26-9-8-25-14-10-12(5-7-24-14)18(20,21)22/h2-7,10H,8-9H2,1H3,(H,24,25)(H,26,27,28). The number of hydrogen-bond donors (Lipinski definition) is 2. The highest BCUT2D eigenvalue weighted by atomic mass is 35.5. The molecule has 0 fully saturated rings. The summed E-state index contributed by atoms with van der Waals surface area (Å²) in [7, 11) is 0. The fourth-order valence-corrected chi connectivity index (χ4v) is 2.51. The molecule has 0 aromatic carbocycles. The molecule has 0 saturated heterocycles. The number of aryl methyl sites for hydroxylation is 1. The maximum atomic E-state index is 12.7. The molecule has 0 bridgehead atoms. The van der Waals surface area contributed by atoms with Crippen molar-refractivity contribution < 1.29 is 13.2 Å². The zero-order valence-electron chi connectivity index (χ0n) is 14.8. The van der Waals surface area contributed by atoms with Crippen molar-refractivity contribution in [2.24, 2.45) is 0 Å². The predicted molar refractivity (Wildman–Crippen MR) is 101 cm³/mol. The largest absolute Gasteiger partial charge is 0.416 e. The van der Waals surface area contributed by atoms with Crippen molar-refractivity contribution in [1.82, 2.24) is 19.9 Å². The zero-order valence-corrected chi connectivity index (χ0v) is 15.5. The van der Waals surface area contributed by atoms with Gasteiger partial charge in [0.15, 0.2) is 5.82 Å². The molecule has 146 valence electrons. The van der Waals surface area contributed by atoms with Crippen LogP contribution >= 0.6 is 11.6 Å². The van der Waals surface area contributed by atoms with E-state index in [9.17, 15) is 13.2 Å². The van der Waals surface area contributed by atoms with Crippen LogP contribution in [0.15, 0.2) is 42.7 Å². The molecular weight excluding hydrogens is 393 g/mol. The fraction of sp³-hybridized carbons (Fsp3) is 0.222. The number of halogens is 4. The first kappa shape index (κ1) is 19.8. The Bertz CT molecular complexity index is 950. The molecule has 3 rings (SSSR count). The number of alkyl halides is 3. The summed E-state index contributed by atoms with van der Waals surface area (Å²) < 4.78 is 38.2. The van der Waals surface area contributed by atoms with Crippen LogP contribution in [0.1, 0.15) is 11.3 Å². The van der Waals surface area contributed by atoms with Gasteiger partial charge in [0.1, 0.15) is 22.4 Å². The van der Waals surface area contributed by atoms with Gasteiger partial charge in [0.25, 0.3) is 0 Å². The van der Waals surface area contributed by atoms with Crippen molar-refractivity contribution in [2.45, 2.75) is 13.1 Å². The first-order chi connectivity index (χ1) is 13.3. The van der Waals surface area contributed by atoms with E-state index in [-0.39, 0.29) is 5.82 Å². The quantitative estimate of drug-likeness (QED) is 0.587. The lowest BCUT2D eigenvalue weighted by atomic mass is 10.2. The summed E-state index contributed by atoms with van der Waals surface area (Å²) >= 11 is 6.25. The summed E-state index contributed by atoms with van der Waals surface area (Å²) in [4.78, 5) is 16.8. The zero-order chi connectivity index (χ0) is 20.1. The molecule has 3 aromatic heterocycles. The van der Waals surface area contributed by atoms with Crippen molar-refractivity contribution in [1.29, 1.82) is 0 Å². The number of rotatable bonds is 6. The van der Waals surface area contributed by atoms with Crippen LogP contribution in [0.5, 0.6) is 0 Å². The van der Waals surface area contributed by atoms with Crippen molar-refractivity contribution >= 4 is 23.2 Å². The van der Waals surface area contributed by atoms with Crippen molar-refractivity contribution in [3.63, 3.8) is 0 Å². The molecule has 10 heteroatoms. The molecule has 2 N–H and O–H groups in total. The maximum Gasteiger partial charge on any atom is 0.416 e. The third-order valence-electron chi connectivity index (χ3n) is 3.72. The Hall–Kier alpha value is -2.94. The first-order valence-corrected chi connectivity index (χ1v) is 8.69. The van der Waals surface area contributed by atoms with Gasteiger partial charge in [-0.2, -0.15) is 13.2 Å². The van der Waals surface area contributed by atoms with Crippen LogP contribution in [0.4, 0.5) is 24.8 Å². The SMILES string of the molecule is Cc1nc(-c2ccccn2)nc(NCCNc2cc(C(F)(F)F)ccn2)c1Cl. The van der Waals surface area contributed by atoms with Gasteiger partial charge in [0.05, 0.1) is 11.3 Å². The van der Waals surface area contributed by atoms with Crippen molar-refractivity contribution in [3.05, 3.63) is 59.0 Å². The minimum Gasteiger partial charge on any atom is -0.368 e. The Kier molecular flexibility index (Phi) is 5.93. The Morgan fingerprint density at radius 2 is 1.79 bits per heavy atom. The average molecular weight is 409 g/mol. The number of hydrogen-bond acceptors (Lipinski definition) is 6. The van der Waals surface area contributed by atoms with Gasteiger partial charge in [-0.1, -0.05) is 17.7 Å². The predicted octanol–water partition coefficient (Wildman–Crippen LogP) is 4.44. The van der Waals surface area contributed by atoms with E-state index in [0.717, 1.165) is 18.3 Å². The molecule has 0 aliphatic rings. The lowest BCUT2D eigenvalue weighted by molar-refractivity contribution is -0.137. The second-order valence-corrected chi connectivity index (χ2v) is 6.17. The van der Waals surface area contributed by atoms with Gasteiger partial charge in [-0.25, -0.2) is 15.0 Å². The molecule has 0 atom stereocenters. The van der Waals surface area contributed by atoms with Crippen molar-refractivity contribution in [3.8, 4) is 11.5 Å². The second kappa shape index (κ2) is 8.39. The summed E-state index contributed by atoms with van der Waals surface area (Å²) in [6.07, 6.45) is -1.66. The second-order valence-electron chi connectivity index (χ2n) is 5.79. The van der Waals surface area contributed by atoms with E-state index in [0.29, 0.717) is 41.1 Å². The van der Waals surface area contributed by atoms with Crippen LogP contribution in [0.2, 0.25) is 5.02 Å². The lowest BCUT2D eigenvalue weighted by Gasteiger charge is -2.12.